The molecular formula is C18H24O4. The molecule has 1 fully saturated rings. The average Bonchev–Trinajstić information content (AvgIpc) is 2.55. The molecule has 0 amide bonds. The minimum atomic E-state index is -0.549. The van der Waals surface area contributed by atoms with Gasteiger partial charge in [-0.25, -0.2) is 4.79 Å². The van der Waals surface area contributed by atoms with Crippen LogP contribution in [0.1, 0.15) is 37.3 Å². The number of benzene rings is 1. The van der Waals surface area contributed by atoms with Crippen molar-refractivity contribution in [3.63, 3.8) is 0 Å². The van der Waals surface area contributed by atoms with E-state index in [9.17, 15) is 4.79 Å². The maximum atomic E-state index is 11.5. The highest BCUT2D eigenvalue weighted by molar-refractivity contribution is 5.87. The Morgan fingerprint density at radius 3 is 2.86 bits per heavy atom. The Hall–Kier alpha value is -1.65. The Morgan fingerprint density at radius 1 is 1.36 bits per heavy atom. The van der Waals surface area contributed by atoms with Crippen molar-refractivity contribution in [1.82, 2.24) is 0 Å². The number of ether oxygens (including phenoxy) is 3. The van der Waals surface area contributed by atoms with Crippen LogP contribution in [-0.2, 0) is 25.4 Å². The Morgan fingerprint density at radius 2 is 2.18 bits per heavy atom. The third-order valence-corrected chi connectivity index (χ3v) is 3.89. The van der Waals surface area contributed by atoms with E-state index in [1.807, 2.05) is 24.3 Å². The van der Waals surface area contributed by atoms with Crippen molar-refractivity contribution in [2.24, 2.45) is 0 Å². The van der Waals surface area contributed by atoms with Gasteiger partial charge < -0.3 is 14.2 Å². The van der Waals surface area contributed by atoms with Crippen LogP contribution in [0.15, 0.2) is 30.3 Å². The predicted octanol–water partition coefficient (Wildman–Crippen LogP) is 3.35. The first-order valence-corrected chi connectivity index (χ1v) is 7.81. The lowest BCUT2D eigenvalue weighted by atomic mass is 9.94. The third kappa shape index (κ3) is 4.42. The molecule has 0 aliphatic carbocycles. The van der Waals surface area contributed by atoms with Crippen molar-refractivity contribution in [2.75, 3.05) is 20.3 Å². The summed E-state index contributed by atoms with van der Waals surface area (Å²) in [5.74, 6) is -0.876. The quantitative estimate of drug-likeness (QED) is 0.597. The lowest BCUT2D eigenvalue weighted by molar-refractivity contribution is -0.241. The summed E-state index contributed by atoms with van der Waals surface area (Å²) in [4.78, 5) is 11.5. The molecule has 1 aliphatic rings. The molecule has 1 unspecified atom stereocenters. The van der Waals surface area contributed by atoms with Gasteiger partial charge in [-0.15, -0.1) is 0 Å². The molecule has 1 atom stereocenters. The number of carbonyl (C=O) groups excluding carboxylic acids is 1. The summed E-state index contributed by atoms with van der Waals surface area (Å²) in [7, 11) is 1.70. The predicted molar refractivity (Wildman–Crippen MR) is 85.4 cm³/mol. The summed E-state index contributed by atoms with van der Waals surface area (Å²) >= 11 is 0. The van der Waals surface area contributed by atoms with Crippen LogP contribution in [0.2, 0.25) is 0 Å². The molecule has 0 aromatic heterocycles. The molecule has 1 aliphatic heterocycles. The maximum Gasteiger partial charge on any atom is 0.330 e. The zero-order chi connectivity index (χ0) is 15.8. The molecule has 22 heavy (non-hydrogen) atoms. The number of carbonyl (C=O) groups is 1. The van der Waals surface area contributed by atoms with Crippen LogP contribution >= 0.6 is 0 Å². The molecule has 1 heterocycles. The second kappa shape index (κ2) is 8.11. The third-order valence-electron chi connectivity index (χ3n) is 3.89. The normalized spacial score (nSPS) is 21.9. The van der Waals surface area contributed by atoms with E-state index < -0.39 is 5.79 Å². The van der Waals surface area contributed by atoms with E-state index in [0.717, 1.165) is 37.0 Å². The summed E-state index contributed by atoms with van der Waals surface area (Å²) in [6.07, 6.45) is 7.00. The van der Waals surface area contributed by atoms with Gasteiger partial charge in [0.25, 0.3) is 0 Å². The number of hydrogen-bond donors (Lipinski definition) is 0. The van der Waals surface area contributed by atoms with Crippen LogP contribution in [0.5, 0.6) is 0 Å². The van der Waals surface area contributed by atoms with Crippen molar-refractivity contribution in [1.29, 1.82) is 0 Å². The van der Waals surface area contributed by atoms with E-state index in [0.29, 0.717) is 13.0 Å². The molecule has 0 radical (unpaired) electrons. The Balaban J connectivity index is 2.15. The van der Waals surface area contributed by atoms with Crippen LogP contribution in [-0.4, -0.2) is 32.1 Å². The van der Waals surface area contributed by atoms with E-state index >= 15 is 0 Å². The fraction of sp³-hybridized carbons (Fsp3) is 0.500. The largest absolute Gasteiger partial charge is 0.463 e. The Labute approximate surface area is 132 Å². The van der Waals surface area contributed by atoms with Crippen LogP contribution in [0.3, 0.4) is 0 Å². The monoisotopic (exact) mass is 304 g/mol. The minimum Gasteiger partial charge on any atom is -0.463 e. The van der Waals surface area contributed by atoms with Crippen molar-refractivity contribution >= 4 is 12.0 Å². The van der Waals surface area contributed by atoms with Crippen LogP contribution in [0, 0.1) is 0 Å². The smallest absolute Gasteiger partial charge is 0.330 e. The average molecular weight is 304 g/mol. The summed E-state index contributed by atoms with van der Waals surface area (Å²) in [5.41, 5.74) is 2.09. The molecule has 120 valence electrons. The fourth-order valence-electron chi connectivity index (χ4n) is 2.70. The van der Waals surface area contributed by atoms with Crippen LogP contribution in [0.4, 0.5) is 0 Å². The first-order valence-electron chi connectivity index (χ1n) is 7.81. The molecular weight excluding hydrogens is 280 g/mol. The van der Waals surface area contributed by atoms with Gasteiger partial charge in [0.15, 0.2) is 5.79 Å². The summed E-state index contributed by atoms with van der Waals surface area (Å²) in [6, 6.07) is 7.97. The van der Waals surface area contributed by atoms with E-state index in [1.54, 1.807) is 20.1 Å². The number of esters is 1. The standard InChI is InChI=1S/C18H24O4/c1-3-21-17(19)11-10-15-8-4-5-9-16(15)14-18(20-2)12-6-7-13-22-18/h4-5,8-11H,3,6-7,12-14H2,1-2H3/b11-10+. The van der Waals surface area contributed by atoms with E-state index in [2.05, 4.69) is 0 Å². The molecule has 1 aromatic rings. The van der Waals surface area contributed by atoms with Crippen LogP contribution in [0.25, 0.3) is 6.08 Å². The highest BCUT2D eigenvalue weighted by Crippen LogP contribution is 2.30. The molecule has 2 rings (SSSR count). The van der Waals surface area contributed by atoms with E-state index in [4.69, 9.17) is 14.2 Å². The SMILES string of the molecule is CCOC(=O)/C=C/c1ccccc1CC1(OC)CCCCO1. The van der Waals surface area contributed by atoms with Crippen molar-refractivity contribution < 1.29 is 19.0 Å². The molecule has 4 nitrogen and oxygen atoms in total. The molecule has 1 saturated heterocycles. The van der Waals surface area contributed by atoms with Crippen LogP contribution < -0.4 is 0 Å². The van der Waals surface area contributed by atoms with Gasteiger partial charge in [-0.2, -0.15) is 0 Å². The molecule has 0 bridgehead atoms. The van der Waals surface area contributed by atoms with Gasteiger partial charge in [0, 0.05) is 26.0 Å². The van der Waals surface area contributed by atoms with Crippen molar-refractivity contribution in [3.8, 4) is 0 Å². The zero-order valence-corrected chi connectivity index (χ0v) is 13.3. The molecule has 4 heteroatoms. The first kappa shape index (κ1) is 16.7. The topological polar surface area (TPSA) is 44.8 Å². The molecule has 0 N–H and O–H groups in total. The lowest BCUT2D eigenvalue weighted by Gasteiger charge is -2.36. The highest BCUT2D eigenvalue weighted by atomic mass is 16.7. The van der Waals surface area contributed by atoms with Gasteiger partial charge in [-0.1, -0.05) is 24.3 Å². The maximum absolute atomic E-state index is 11.5. The summed E-state index contributed by atoms with van der Waals surface area (Å²) in [5, 5.41) is 0. The summed E-state index contributed by atoms with van der Waals surface area (Å²) in [6.45, 7) is 2.91. The van der Waals surface area contributed by atoms with Crippen molar-refractivity contribution in [2.45, 2.75) is 38.4 Å². The summed E-state index contributed by atoms with van der Waals surface area (Å²) < 4.78 is 16.5. The number of rotatable bonds is 6. The van der Waals surface area contributed by atoms with Gasteiger partial charge >= 0.3 is 5.97 Å². The zero-order valence-electron chi connectivity index (χ0n) is 13.3. The Bertz CT molecular complexity index is 516. The van der Waals surface area contributed by atoms with E-state index in [-0.39, 0.29) is 5.97 Å². The van der Waals surface area contributed by atoms with Gasteiger partial charge in [-0.3, -0.25) is 0 Å². The molecule has 1 aromatic carbocycles. The van der Waals surface area contributed by atoms with Gasteiger partial charge in [0.1, 0.15) is 0 Å². The lowest BCUT2D eigenvalue weighted by Crippen LogP contribution is -2.40. The second-order valence-corrected chi connectivity index (χ2v) is 5.38. The Kier molecular flexibility index (Phi) is 6.16. The molecule has 0 spiro atoms. The van der Waals surface area contributed by atoms with Gasteiger partial charge in [0.2, 0.25) is 0 Å². The second-order valence-electron chi connectivity index (χ2n) is 5.38. The van der Waals surface area contributed by atoms with Gasteiger partial charge in [-0.05, 0) is 37.0 Å². The van der Waals surface area contributed by atoms with Crippen molar-refractivity contribution in [3.05, 3.63) is 41.5 Å². The number of hydrogen-bond acceptors (Lipinski definition) is 4. The first-order chi connectivity index (χ1) is 10.7. The number of methoxy groups -OCH3 is 1. The fourth-order valence-corrected chi connectivity index (χ4v) is 2.70. The van der Waals surface area contributed by atoms with E-state index in [1.165, 1.54) is 6.08 Å². The molecule has 0 saturated carbocycles. The highest BCUT2D eigenvalue weighted by Gasteiger charge is 2.33. The van der Waals surface area contributed by atoms with Gasteiger partial charge in [0.05, 0.1) is 13.2 Å². The minimum absolute atomic E-state index is 0.326.